The molecular weight excluding hydrogens is 404 g/mol. The average Bonchev–Trinajstić information content (AvgIpc) is 2.82. The molecule has 0 bridgehead atoms. The molecule has 0 radical (unpaired) electrons. The van der Waals surface area contributed by atoms with E-state index in [2.05, 4.69) is 23.5 Å². The third kappa shape index (κ3) is 3.60. The minimum atomic E-state index is -0.492. The molecule has 0 fully saturated rings. The normalized spacial score (nSPS) is 20.3. The molecule has 2 aliphatic rings. The molecule has 2 aromatic rings. The van der Waals surface area contributed by atoms with Crippen LogP contribution in [0.3, 0.4) is 0 Å². The molecule has 0 saturated heterocycles. The third-order valence-electron chi connectivity index (χ3n) is 6.24. The van der Waals surface area contributed by atoms with E-state index in [1.54, 1.807) is 21.3 Å². The summed E-state index contributed by atoms with van der Waals surface area (Å²) in [5, 5.41) is 13.3. The zero-order chi connectivity index (χ0) is 22.8. The van der Waals surface area contributed by atoms with E-state index in [4.69, 9.17) is 14.2 Å². The molecule has 1 aliphatic heterocycles. The van der Waals surface area contributed by atoms with Gasteiger partial charge in [-0.3, -0.25) is 4.79 Å². The number of methoxy groups -OCH3 is 3. The minimum absolute atomic E-state index is 0.0478. The van der Waals surface area contributed by atoms with Crippen molar-refractivity contribution in [2.45, 2.75) is 31.6 Å². The van der Waals surface area contributed by atoms with Crippen molar-refractivity contribution in [2.75, 3.05) is 21.3 Å². The number of nitrogens with zero attached hydrogens (tertiary/aromatic N) is 1. The van der Waals surface area contributed by atoms with Crippen molar-refractivity contribution in [3.05, 3.63) is 76.1 Å². The van der Waals surface area contributed by atoms with Gasteiger partial charge in [0.1, 0.15) is 0 Å². The molecule has 1 N–H and O–H groups in total. The fraction of sp³-hybridized carbons (Fsp3) is 0.308. The Morgan fingerprint density at radius 3 is 2.19 bits per heavy atom. The molecule has 6 heteroatoms. The summed E-state index contributed by atoms with van der Waals surface area (Å²) in [5.74, 6) is 1.11. The van der Waals surface area contributed by atoms with Gasteiger partial charge in [0.25, 0.3) is 0 Å². The van der Waals surface area contributed by atoms with Crippen molar-refractivity contribution >= 4 is 5.78 Å². The second-order valence-electron chi connectivity index (χ2n) is 8.00. The van der Waals surface area contributed by atoms with Gasteiger partial charge in [-0.15, -0.1) is 0 Å². The molecule has 0 aromatic heterocycles. The van der Waals surface area contributed by atoms with Crippen LogP contribution in [0.5, 0.6) is 17.2 Å². The number of hydrogen-bond acceptors (Lipinski definition) is 6. The van der Waals surface area contributed by atoms with Gasteiger partial charge >= 0.3 is 0 Å². The lowest BCUT2D eigenvalue weighted by Crippen LogP contribution is -2.33. The number of ether oxygens (including phenoxy) is 3. The number of ketones is 1. The Balaban J connectivity index is 1.85. The highest BCUT2D eigenvalue weighted by Gasteiger charge is 2.39. The molecular formula is C26H26N2O4. The molecule has 1 heterocycles. The number of allylic oxidation sites excluding steroid dienone is 4. The second-order valence-corrected chi connectivity index (χ2v) is 8.00. The summed E-state index contributed by atoms with van der Waals surface area (Å²) in [6.07, 6.45) is 1.12. The molecule has 1 aliphatic carbocycles. The summed E-state index contributed by atoms with van der Waals surface area (Å²) in [6.45, 7) is 1.88. The first-order chi connectivity index (χ1) is 15.5. The fourth-order valence-corrected chi connectivity index (χ4v) is 4.75. The van der Waals surface area contributed by atoms with Crippen LogP contribution in [-0.2, 0) is 4.79 Å². The Bertz CT molecular complexity index is 1130. The van der Waals surface area contributed by atoms with Gasteiger partial charge in [0.2, 0.25) is 5.75 Å². The zero-order valence-electron chi connectivity index (χ0n) is 18.7. The highest BCUT2D eigenvalue weighted by atomic mass is 16.5. The quantitative estimate of drug-likeness (QED) is 0.747. The predicted octanol–water partition coefficient (Wildman–Crippen LogP) is 4.60. The van der Waals surface area contributed by atoms with Crippen molar-refractivity contribution in [2.24, 2.45) is 0 Å². The number of carbonyl (C=O) groups excluding carboxylic acids is 1. The number of dihydropyridines is 1. The lowest BCUT2D eigenvalue weighted by Gasteiger charge is -2.36. The first-order valence-corrected chi connectivity index (χ1v) is 10.5. The standard InChI is InChI=1S/C26H26N2O4/c1-15-19(14-27)24(18-12-22(30-2)26(32-4)23(13-18)31-3)25-20(28-15)10-17(11-21(25)29)16-8-6-5-7-9-16/h5-9,12-13,17,24,28H,10-11H2,1-4H3/t17-,24-/m0/s1. The van der Waals surface area contributed by atoms with Crippen LogP contribution in [0, 0.1) is 11.3 Å². The van der Waals surface area contributed by atoms with Crippen LogP contribution in [0.4, 0.5) is 0 Å². The Kier molecular flexibility index (Phi) is 5.91. The summed E-state index contributed by atoms with van der Waals surface area (Å²) in [6, 6.07) is 16.1. The maximum Gasteiger partial charge on any atom is 0.203 e. The monoisotopic (exact) mass is 430 g/mol. The number of nitriles is 1. The van der Waals surface area contributed by atoms with Crippen LogP contribution in [-0.4, -0.2) is 27.1 Å². The summed E-state index contributed by atoms with van der Waals surface area (Å²) in [7, 11) is 4.65. The van der Waals surface area contributed by atoms with E-state index in [0.29, 0.717) is 41.2 Å². The SMILES string of the molecule is COc1cc([C@H]2C(C#N)=C(C)NC3=C2C(=O)C[C@@H](c2ccccc2)C3)cc(OC)c1OC. The summed E-state index contributed by atoms with van der Waals surface area (Å²) >= 11 is 0. The maximum absolute atomic E-state index is 13.5. The first kappa shape index (κ1) is 21.5. The second kappa shape index (κ2) is 8.80. The van der Waals surface area contributed by atoms with Gasteiger partial charge in [-0.05, 0) is 42.5 Å². The van der Waals surface area contributed by atoms with E-state index in [9.17, 15) is 10.1 Å². The Hall–Kier alpha value is -3.72. The molecule has 164 valence electrons. The van der Waals surface area contributed by atoms with Gasteiger partial charge in [0, 0.05) is 23.4 Å². The minimum Gasteiger partial charge on any atom is -0.493 e. The predicted molar refractivity (Wildman–Crippen MR) is 121 cm³/mol. The average molecular weight is 431 g/mol. The highest BCUT2D eigenvalue weighted by molar-refractivity contribution is 6.00. The number of rotatable bonds is 5. The van der Waals surface area contributed by atoms with Gasteiger partial charge < -0.3 is 19.5 Å². The molecule has 0 saturated carbocycles. The maximum atomic E-state index is 13.5. The van der Waals surface area contributed by atoms with E-state index in [1.807, 2.05) is 37.3 Å². The number of Topliss-reactive ketones (excluding diaryl/α,β-unsaturated/α-hetero) is 1. The Morgan fingerprint density at radius 2 is 1.62 bits per heavy atom. The molecule has 2 atom stereocenters. The molecule has 0 amide bonds. The first-order valence-electron chi connectivity index (χ1n) is 10.5. The van der Waals surface area contributed by atoms with Crippen LogP contribution < -0.4 is 19.5 Å². The summed E-state index contributed by atoms with van der Waals surface area (Å²) in [5.41, 5.74) is 4.71. The smallest absolute Gasteiger partial charge is 0.203 e. The fourth-order valence-electron chi connectivity index (χ4n) is 4.75. The molecule has 0 spiro atoms. The van der Waals surface area contributed by atoms with E-state index in [-0.39, 0.29) is 11.7 Å². The van der Waals surface area contributed by atoms with Gasteiger partial charge in [-0.1, -0.05) is 30.3 Å². The van der Waals surface area contributed by atoms with Crippen LogP contribution in [0.25, 0.3) is 0 Å². The third-order valence-corrected chi connectivity index (χ3v) is 6.24. The van der Waals surface area contributed by atoms with Crippen molar-refractivity contribution < 1.29 is 19.0 Å². The van der Waals surface area contributed by atoms with E-state index < -0.39 is 5.92 Å². The van der Waals surface area contributed by atoms with Crippen molar-refractivity contribution in [1.82, 2.24) is 5.32 Å². The topological polar surface area (TPSA) is 80.6 Å². The molecule has 6 nitrogen and oxygen atoms in total. The van der Waals surface area contributed by atoms with E-state index in [1.165, 1.54) is 0 Å². The lowest BCUT2D eigenvalue weighted by atomic mass is 9.72. The van der Waals surface area contributed by atoms with Crippen molar-refractivity contribution in [1.29, 1.82) is 5.26 Å². The molecule has 4 rings (SSSR count). The Labute approximate surface area is 188 Å². The highest BCUT2D eigenvalue weighted by Crippen LogP contribution is 2.48. The van der Waals surface area contributed by atoms with E-state index >= 15 is 0 Å². The molecule has 2 aromatic carbocycles. The van der Waals surface area contributed by atoms with Gasteiger partial charge in [-0.2, -0.15) is 5.26 Å². The summed E-state index contributed by atoms with van der Waals surface area (Å²) in [4.78, 5) is 13.5. The molecule has 32 heavy (non-hydrogen) atoms. The van der Waals surface area contributed by atoms with Crippen molar-refractivity contribution in [3.63, 3.8) is 0 Å². The van der Waals surface area contributed by atoms with Crippen LogP contribution in [0.2, 0.25) is 0 Å². The number of benzene rings is 2. The largest absolute Gasteiger partial charge is 0.493 e. The van der Waals surface area contributed by atoms with Crippen molar-refractivity contribution in [3.8, 4) is 23.3 Å². The van der Waals surface area contributed by atoms with Crippen LogP contribution >= 0.6 is 0 Å². The van der Waals surface area contributed by atoms with Crippen LogP contribution in [0.1, 0.15) is 42.7 Å². The lowest BCUT2D eigenvalue weighted by molar-refractivity contribution is -0.116. The van der Waals surface area contributed by atoms with E-state index in [0.717, 1.165) is 22.5 Å². The number of hydrogen-bond donors (Lipinski definition) is 1. The summed E-state index contributed by atoms with van der Waals surface area (Å²) < 4.78 is 16.5. The Morgan fingerprint density at radius 1 is 0.969 bits per heavy atom. The van der Waals surface area contributed by atoms with Gasteiger partial charge in [0.15, 0.2) is 17.3 Å². The van der Waals surface area contributed by atoms with Gasteiger partial charge in [-0.25, -0.2) is 0 Å². The number of carbonyl (C=O) groups is 1. The van der Waals surface area contributed by atoms with Crippen LogP contribution in [0.15, 0.2) is 65.0 Å². The van der Waals surface area contributed by atoms with Gasteiger partial charge in [0.05, 0.1) is 38.9 Å². The molecule has 0 unspecified atom stereocenters. The number of nitrogens with one attached hydrogen (secondary N) is 1. The zero-order valence-corrected chi connectivity index (χ0v) is 18.7.